The van der Waals surface area contributed by atoms with E-state index in [1.807, 2.05) is 12.2 Å². The number of aliphatic hydroxyl groups is 1. The van der Waals surface area contributed by atoms with Gasteiger partial charge in [-0.05, 0) is 6.42 Å². The summed E-state index contributed by atoms with van der Waals surface area (Å²) >= 11 is 0. The lowest BCUT2D eigenvalue weighted by molar-refractivity contribution is 0.0831. The molecule has 5 heteroatoms. The Kier molecular flexibility index (Phi) is 14.8. The van der Waals surface area contributed by atoms with E-state index in [4.69, 9.17) is 9.47 Å². The Hall–Kier alpha value is -1.07. The van der Waals surface area contributed by atoms with Gasteiger partial charge in [-0.25, -0.2) is 4.79 Å². The third-order valence-electron chi connectivity index (χ3n) is 7.12. The van der Waals surface area contributed by atoms with Crippen molar-refractivity contribution < 1.29 is 19.4 Å². The molecule has 2 rings (SSSR count). The molecule has 1 amide bonds. The van der Waals surface area contributed by atoms with E-state index in [0.29, 0.717) is 13.2 Å². The van der Waals surface area contributed by atoms with Gasteiger partial charge in [-0.1, -0.05) is 115 Å². The second-order valence-corrected chi connectivity index (χ2v) is 9.79. The maximum absolute atomic E-state index is 11.9. The molecule has 4 atom stereocenters. The Morgan fingerprint density at radius 1 is 0.781 bits per heavy atom. The molecule has 186 valence electrons. The van der Waals surface area contributed by atoms with Crippen LogP contribution in [0.2, 0.25) is 0 Å². The molecule has 2 N–H and O–H groups in total. The van der Waals surface area contributed by atoms with Crippen LogP contribution < -0.4 is 5.32 Å². The molecule has 2 bridgehead atoms. The Morgan fingerprint density at radius 3 is 1.75 bits per heavy atom. The predicted octanol–water partition coefficient (Wildman–Crippen LogP) is 6.54. The molecule has 0 aromatic heterocycles. The van der Waals surface area contributed by atoms with Gasteiger partial charge in [0.05, 0.1) is 18.8 Å². The molecule has 1 fully saturated rings. The smallest absolute Gasteiger partial charge is 0.407 e. The van der Waals surface area contributed by atoms with Gasteiger partial charge in [-0.15, -0.1) is 0 Å². The third kappa shape index (κ3) is 10.7. The van der Waals surface area contributed by atoms with Crippen LogP contribution in [-0.2, 0) is 9.47 Å². The number of carbonyl (C=O) groups excluding carboxylic acids is 1. The lowest BCUT2D eigenvalue weighted by atomic mass is 9.84. The number of ether oxygens (including phenoxy) is 2. The van der Waals surface area contributed by atoms with Crippen molar-refractivity contribution in [1.29, 1.82) is 0 Å². The summed E-state index contributed by atoms with van der Waals surface area (Å²) in [6.45, 7) is 3.33. The second-order valence-electron chi connectivity index (χ2n) is 9.79. The van der Waals surface area contributed by atoms with E-state index in [2.05, 4.69) is 12.2 Å². The summed E-state index contributed by atoms with van der Waals surface area (Å²) < 4.78 is 11.1. The van der Waals surface area contributed by atoms with Gasteiger partial charge in [0.15, 0.2) is 0 Å². The van der Waals surface area contributed by atoms with E-state index in [1.165, 1.54) is 89.9 Å². The number of amides is 1. The highest BCUT2D eigenvalue weighted by molar-refractivity contribution is 5.67. The molecule has 5 nitrogen and oxygen atoms in total. The van der Waals surface area contributed by atoms with Crippen LogP contribution in [0.25, 0.3) is 0 Å². The quantitative estimate of drug-likeness (QED) is 0.163. The summed E-state index contributed by atoms with van der Waals surface area (Å²) in [4.78, 5) is 11.9. The SMILES string of the molecule is CCCCCCCCCCCCCCCCCCNC(=O)OC[C@@H]1[C@@H](CO)[C@@H]2C=C[C@H]1O2. The van der Waals surface area contributed by atoms with Crippen LogP contribution in [0.15, 0.2) is 12.2 Å². The molecule has 1 saturated heterocycles. The molecule has 0 saturated carbocycles. The first-order valence-electron chi connectivity index (χ1n) is 13.6. The van der Waals surface area contributed by atoms with Gasteiger partial charge < -0.3 is 19.9 Å². The Labute approximate surface area is 196 Å². The van der Waals surface area contributed by atoms with Crippen LogP contribution in [0.1, 0.15) is 110 Å². The maximum atomic E-state index is 11.9. The summed E-state index contributed by atoms with van der Waals surface area (Å²) in [6.07, 6.45) is 25.2. The molecule has 0 aromatic carbocycles. The average molecular weight is 452 g/mol. The van der Waals surface area contributed by atoms with Gasteiger partial charge in [-0.2, -0.15) is 0 Å². The zero-order valence-corrected chi connectivity index (χ0v) is 20.6. The number of hydrogen-bond acceptors (Lipinski definition) is 4. The largest absolute Gasteiger partial charge is 0.449 e. The Morgan fingerprint density at radius 2 is 1.25 bits per heavy atom. The Bertz CT molecular complexity index is 510. The summed E-state index contributed by atoms with van der Waals surface area (Å²) in [5.41, 5.74) is 0. The van der Waals surface area contributed by atoms with Crippen molar-refractivity contribution in [2.75, 3.05) is 19.8 Å². The summed E-state index contributed by atoms with van der Waals surface area (Å²) in [5, 5.41) is 12.4. The third-order valence-corrected chi connectivity index (χ3v) is 7.12. The first-order valence-corrected chi connectivity index (χ1v) is 13.6. The molecule has 2 aliphatic rings. The van der Waals surface area contributed by atoms with E-state index in [-0.39, 0.29) is 36.7 Å². The van der Waals surface area contributed by atoms with Gasteiger partial charge in [0.1, 0.15) is 0 Å². The number of aliphatic hydroxyl groups excluding tert-OH is 1. The van der Waals surface area contributed by atoms with Gasteiger partial charge in [-0.3, -0.25) is 0 Å². The lowest BCUT2D eigenvalue weighted by Gasteiger charge is -2.22. The summed E-state index contributed by atoms with van der Waals surface area (Å²) in [7, 11) is 0. The molecule has 2 aliphatic heterocycles. The molecule has 32 heavy (non-hydrogen) atoms. The van der Waals surface area contributed by atoms with E-state index in [1.54, 1.807) is 0 Å². The number of carbonyl (C=O) groups is 1. The van der Waals surface area contributed by atoms with Crippen molar-refractivity contribution in [2.45, 2.75) is 122 Å². The van der Waals surface area contributed by atoms with Crippen molar-refractivity contribution in [2.24, 2.45) is 11.8 Å². The number of unbranched alkanes of at least 4 members (excludes halogenated alkanes) is 15. The number of fused-ring (bicyclic) bond motifs is 2. The fourth-order valence-corrected chi connectivity index (χ4v) is 5.01. The van der Waals surface area contributed by atoms with E-state index in [0.717, 1.165) is 12.8 Å². The van der Waals surface area contributed by atoms with Gasteiger partial charge in [0.25, 0.3) is 0 Å². The number of rotatable bonds is 20. The van der Waals surface area contributed by atoms with Crippen molar-refractivity contribution in [3.05, 3.63) is 12.2 Å². The zero-order chi connectivity index (χ0) is 22.9. The fraction of sp³-hybridized carbons (Fsp3) is 0.889. The van der Waals surface area contributed by atoms with Gasteiger partial charge >= 0.3 is 6.09 Å². The average Bonchev–Trinajstić information content (AvgIpc) is 3.41. The van der Waals surface area contributed by atoms with E-state index in [9.17, 15) is 9.90 Å². The summed E-state index contributed by atoms with van der Waals surface area (Å²) in [6, 6.07) is 0. The maximum Gasteiger partial charge on any atom is 0.407 e. The van der Waals surface area contributed by atoms with Crippen LogP contribution >= 0.6 is 0 Å². The van der Waals surface area contributed by atoms with E-state index < -0.39 is 0 Å². The normalized spacial score (nSPS) is 23.7. The molecule has 0 unspecified atom stereocenters. The second kappa shape index (κ2) is 17.4. The molecule has 0 spiro atoms. The van der Waals surface area contributed by atoms with Crippen LogP contribution in [0, 0.1) is 11.8 Å². The molecule has 0 radical (unpaired) electrons. The first-order chi connectivity index (χ1) is 15.8. The highest BCUT2D eigenvalue weighted by atomic mass is 16.6. The molecule has 0 aliphatic carbocycles. The minimum absolute atomic E-state index is 0.0215. The number of alkyl carbamates (subject to hydrolysis) is 1. The first kappa shape index (κ1) is 27.2. The monoisotopic (exact) mass is 451 g/mol. The van der Waals surface area contributed by atoms with E-state index >= 15 is 0 Å². The van der Waals surface area contributed by atoms with Gasteiger partial charge in [0.2, 0.25) is 0 Å². The minimum atomic E-state index is -0.352. The molecular weight excluding hydrogens is 402 g/mol. The van der Waals surface area contributed by atoms with Crippen molar-refractivity contribution in [3.63, 3.8) is 0 Å². The molecule has 0 aromatic rings. The number of nitrogens with one attached hydrogen (secondary N) is 1. The van der Waals surface area contributed by atoms with Crippen molar-refractivity contribution in [1.82, 2.24) is 5.32 Å². The van der Waals surface area contributed by atoms with Gasteiger partial charge in [0, 0.05) is 25.0 Å². The summed E-state index contributed by atoms with van der Waals surface area (Å²) in [5.74, 6) is 0.106. The highest BCUT2D eigenvalue weighted by Gasteiger charge is 2.45. The van der Waals surface area contributed by atoms with Crippen molar-refractivity contribution in [3.8, 4) is 0 Å². The van der Waals surface area contributed by atoms with Crippen LogP contribution in [-0.4, -0.2) is 43.2 Å². The molecule has 2 heterocycles. The Balaban J connectivity index is 1.29. The van der Waals surface area contributed by atoms with Crippen LogP contribution in [0.5, 0.6) is 0 Å². The minimum Gasteiger partial charge on any atom is -0.449 e. The topological polar surface area (TPSA) is 67.8 Å². The lowest BCUT2D eigenvalue weighted by Crippen LogP contribution is -2.34. The number of hydrogen-bond donors (Lipinski definition) is 2. The van der Waals surface area contributed by atoms with Crippen LogP contribution in [0.3, 0.4) is 0 Å². The van der Waals surface area contributed by atoms with Crippen molar-refractivity contribution >= 4 is 6.09 Å². The highest BCUT2D eigenvalue weighted by Crippen LogP contribution is 2.38. The molecular formula is C27H49NO4. The van der Waals surface area contributed by atoms with Crippen LogP contribution in [0.4, 0.5) is 4.79 Å². The zero-order valence-electron chi connectivity index (χ0n) is 20.6. The standard InChI is InChI=1S/C27H49NO4/c1-2-3-4-5-6-7-8-9-10-11-12-13-14-15-16-17-20-28-27(30)31-22-24-23(21-29)25-18-19-26(24)32-25/h18-19,23-26,29H,2-17,20-22H2,1H3,(H,28,30)/t23-,24-,25+,26-/m1/s1. The predicted molar refractivity (Wildman–Crippen MR) is 131 cm³/mol. The fourth-order valence-electron chi connectivity index (χ4n) is 5.01.